The van der Waals surface area contributed by atoms with Gasteiger partial charge < -0.3 is 55.1 Å². The quantitative estimate of drug-likeness (QED) is 0.146. The summed E-state index contributed by atoms with van der Waals surface area (Å²) in [7, 11) is 0. The Labute approximate surface area is 182 Å². The molecule has 31 heavy (non-hydrogen) atoms. The van der Waals surface area contributed by atoms with Gasteiger partial charge in [-0.3, -0.25) is 10.1 Å². The van der Waals surface area contributed by atoms with E-state index in [4.69, 9.17) is 14.2 Å². The molecule has 2 saturated heterocycles. The zero-order chi connectivity index (χ0) is 23.3. The molecule has 0 aliphatic carbocycles. The molecule has 0 aromatic carbocycles. The van der Waals surface area contributed by atoms with Crippen molar-refractivity contribution < 1.29 is 59.9 Å². The van der Waals surface area contributed by atoms with Crippen molar-refractivity contribution in [1.29, 1.82) is 0 Å². The highest BCUT2D eigenvalue weighted by molar-refractivity contribution is 7.98. The Morgan fingerprint density at radius 2 is 1.61 bits per heavy atom. The Balaban J connectivity index is 2.10. The number of ether oxygens (including phenoxy) is 3. The number of hydrogen-bond donors (Lipinski definition) is 9. The lowest BCUT2D eigenvalue weighted by Crippen LogP contribution is -2.67. The first-order chi connectivity index (χ1) is 14.7. The minimum Gasteiger partial charge on any atom is -0.480 e. The fraction of sp³-hybridized carbons (Fsp3) is 0.941. The van der Waals surface area contributed by atoms with Gasteiger partial charge in [0.1, 0.15) is 61.1 Å². The van der Waals surface area contributed by atoms with Crippen LogP contribution in [-0.2, 0) is 19.0 Å². The van der Waals surface area contributed by atoms with Crippen molar-refractivity contribution >= 4 is 17.7 Å². The average molecular weight is 473 g/mol. The van der Waals surface area contributed by atoms with Crippen LogP contribution >= 0.6 is 11.8 Å². The molecule has 0 unspecified atom stereocenters. The molecule has 2 heterocycles. The van der Waals surface area contributed by atoms with Crippen molar-refractivity contribution in [2.45, 2.75) is 73.8 Å². The third-order valence-electron chi connectivity index (χ3n) is 5.28. The van der Waals surface area contributed by atoms with Crippen molar-refractivity contribution in [2.75, 3.05) is 25.2 Å². The maximum absolute atomic E-state index is 11.4. The minimum atomic E-state index is -1.76. The Morgan fingerprint density at radius 1 is 0.968 bits per heavy atom. The number of nitrogens with one attached hydrogen (secondary N) is 1. The minimum absolute atomic E-state index is 0.216. The van der Waals surface area contributed by atoms with Crippen molar-refractivity contribution in [2.24, 2.45) is 0 Å². The van der Waals surface area contributed by atoms with E-state index in [0.717, 1.165) is 0 Å². The molecule has 9 N–H and O–H groups in total. The molecule has 2 fully saturated rings. The number of aliphatic hydroxyl groups excluding tert-OH is 7. The van der Waals surface area contributed by atoms with E-state index in [1.807, 2.05) is 0 Å². The van der Waals surface area contributed by atoms with Crippen LogP contribution in [0.4, 0.5) is 0 Å². The molecule has 0 saturated carbocycles. The topological polar surface area (TPSA) is 219 Å². The average Bonchev–Trinajstić information content (AvgIpc) is 2.75. The molecular weight excluding hydrogens is 442 g/mol. The van der Waals surface area contributed by atoms with Gasteiger partial charge >= 0.3 is 5.97 Å². The van der Waals surface area contributed by atoms with E-state index < -0.39 is 86.6 Å². The standard InChI is InChI=1S/C17H31NO12S/c1-31-3-2-6(16(26)27)18-15-12(24)11(23)14(8(5-20)28-15)30-17-13(25)10(22)9(21)7(4-19)29-17/h6-15,17-25H,2-5H2,1H3,(H,26,27)/t6-,7+,8+,9-,10-,11+,12+,13+,14+,15+,17-/m0/s1. The van der Waals surface area contributed by atoms with Gasteiger partial charge in [0.05, 0.1) is 13.2 Å². The zero-order valence-electron chi connectivity index (χ0n) is 16.8. The van der Waals surface area contributed by atoms with Gasteiger partial charge in [0.15, 0.2) is 6.29 Å². The van der Waals surface area contributed by atoms with Gasteiger partial charge in [-0.05, 0) is 18.4 Å². The highest BCUT2D eigenvalue weighted by Gasteiger charge is 2.50. The second-order valence-corrected chi connectivity index (χ2v) is 8.38. The first-order valence-corrected chi connectivity index (χ1v) is 11.1. The summed E-state index contributed by atoms with van der Waals surface area (Å²) < 4.78 is 16.2. The summed E-state index contributed by atoms with van der Waals surface area (Å²) in [5.41, 5.74) is 0. The summed E-state index contributed by atoms with van der Waals surface area (Å²) in [5.74, 6) is -0.665. The highest BCUT2D eigenvalue weighted by atomic mass is 32.2. The number of aliphatic carboxylic acids is 1. The summed E-state index contributed by atoms with van der Waals surface area (Å²) in [6, 6.07) is -1.08. The Bertz CT molecular complexity index is 569. The number of carbonyl (C=O) groups is 1. The maximum Gasteiger partial charge on any atom is 0.320 e. The third kappa shape index (κ3) is 6.25. The van der Waals surface area contributed by atoms with Crippen molar-refractivity contribution in [3.05, 3.63) is 0 Å². The van der Waals surface area contributed by atoms with Crippen LogP contribution in [0.1, 0.15) is 6.42 Å². The molecule has 0 radical (unpaired) electrons. The molecule has 13 nitrogen and oxygen atoms in total. The SMILES string of the molecule is CSCC[C@H](N[C@@H]1O[C@H](CO)[C@@H](O[C@@H]2O[C@H](CO)[C@H](O)[C@H](O)[C@H]2O)[C@H](O)[C@H]1O)C(=O)O. The van der Waals surface area contributed by atoms with E-state index in [0.29, 0.717) is 5.75 Å². The first-order valence-electron chi connectivity index (χ1n) is 9.72. The normalized spacial score (nSPS) is 42.3. The van der Waals surface area contributed by atoms with E-state index in [1.165, 1.54) is 11.8 Å². The fourth-order valence-corrected chi connectivity index (χ4v) is 3.91. The second kappa shape index (κ2) is 12.0. The molecule has 0 bridgehead atoms. The number of rotatable bonds is 10. The molecule has 2 aliphatic rings. The molecule has 14 heteroatoms. The molecule has 182 valence electrons. The fourth-order valence-electron chi connectivity index (χ4n) is 3.44. The lowest BCUT2D eigenvalue weighted by Gasteiger charge is -2.46. The van der Waals surface area contributed by atoms with E-state index in [9.17, 15) is 45.6 Å². The van der Waals surface area contributed by atoms with Gasteiger partial charge in [-0.1, -0.05) is 0 Å². The molecule has 2 aliphatic heterocycles. The second-order valence-electron chi connectivity index (χ2n) is 7.40. The number of carboxylic acid groups (broad SMARTS) is 1. The van der Waals surface area contributed by atoms with Gasteiger partial charge in [-0.15, -0.1) is 0 Å². The van der Waals surface area contributed by atoms with Gasteiger partial charge in [0.2, 0.25) is 0 Å². The molecule has 0 amide bonds. The van der Waals surface area contributed by atoms with Gasteiger partial charge in [-0.25, -0.2) is 0 Å². The summed E-state index contributed by atoms with van der Waals surface area (Å²) >= 11 is 1.43. The molecule has 2 rings (SSSR count). The van der Waals surface area contributed by atoms with Gasteiger partial charge in [-0.2, -0.15) is 11.8 Å². The number of hydrogen-bond acceptors (Lipinski definition) is 13. The molecule has 0 aromatic rings. The molecule has 11 atom stereocenters. The van der Waals surface area contributed by atoms with Crippen LogP contribution in [-0.4, -0.2) is 139 Å². The largest absolute Gasteiger partial charge is 0.480 e. The third-order valence-corrected chi connectivity index (χ3v) is 5.92. The van der Waals surface area contributed by atoms with E-state index in [-0.39, 0.29) is 6.42 Å². The van der Waals surface area contributed by atoms with E-state index in [1.54, 1.807) is 6.26 Å². The smallest absolute Gasteiger partial charge is 0.320 e. The van der Waals surface area contributed by atoms with Gasteiger partial charge in [0, 0.05) is 0 Å². The van der Waals surface area contributed by atoms with Crippen LogP contribution < -0.4 is 5.32 Å². The van der Waals surface area contributed by atoms with Crippen LogP contribution in [0.5, 0.6) is 0 Å². The van der Waals surface area contributed by atoms with Crippen LogP contribution in [0.25, 0.3) is 0 Å². The number of aliphatic hydroxyl groups is 7. The summed E-state index contributed by atoms with van der Waals surface area (Å²) in [6.45, 7) is -1.40. The predicted molar refractivity (Wildman–Crippen MR) is 104 cm³/mol. The maximum atomic E-state index is 11.4. The Morgan fingerprint density at radius 3 is 2.16 bits per heavy atom. The first kappa shape index (κ1) is 26.6. The Hall–Kier alpha value is -0.620. The van der Waals surface area contributed by atoms with E-state index in [2.05, 4.69) is 5.32 Å². The summed E-state index contributed by atoms with van der Waals surface area (Å²) in [5, 5.41) is 81.7. The van der Waals surface area contributed by atoms with Gasteiger partial charge in [0.25, 0.3) is 0 Å². The zero-order valence-corrected chi connectivity index (χ0v) is 17.6. The van der Waals surface area contributed by atoms with Crippen LogP contribution in [0.2, 0.25) is 0 Å². The van der Waals surface area contributed by atoms with Crippen molar-refractivity contribution in [1.82, 2.24) is 5.32 Å². The number of thioether (sulfide) groups is 1. The van der Waals surface area contributed by atoms with Crippen LogP contribution in [0.15, 0.2) is 0 Å². The van der Waals surface area contributed by atoms with Crippen molar-refractivity contribution in [3.63, 3.8) is 0 Å². The van der Waals surface area contributed by atoms with Crippen LogP contribution in [0.3, 0.4) is 0 Å². The lowest BCUT2D eigenvalue weighted by atomic mass is 9.96. The highest BCUT2D eigenvalue weighted by Crippen LogP contribution is 2.28. The summed E-state index contributed by atoms with van der Waals surface area (Å²) in [6.07, 6.45) is -13.4. The molecule has 0 spiro atoms. The lowest BCUT2D eigenvalue weighted by molar-refractivity contribution is -0.343. The molecule has 0 aromatic heterocycles. The predicted octanol–water partition coefficient (Wildman–Crippen LogP) is -4.59. The summed E-state index contributed by atoms with van der Waals surface area (Å²) in [4.78, 5) is 11.4. The van der Waals surface area contributed by atoms with E-state index >= 15 is 0 Å². The Kier molecular flexibility index (Phi) is 10.3. The monoisotopic (exact) mass is 473 g/mol. The number of carboxylic acids is 1. The van der Waals surface area contributed by atoms with Crippen molar-refractivity contribution in [3.8, 4) is 0 Å². The van der Waals surface area contributed by atoms with Crippen LogP contribution in [0, 0.1) is 0 Å². The molecular formula is C17H31NO12S.